The van der Waals surface area contributed by atoms with Crippen LogP contribution >= 0.6 is 0 Å². The Morgan fingerprint density at radius 1 is 0.469 bits per heavy atom. The van der Waals surface area contributed by atoms with Crippen LogP contribution in [-0.4, -0.2) is 26.9 Å². The molecule has 8 aromatic rings. The molecule has 1 aliphatic carbocycles. The number of aromatic nitrogens is 3. The lowest BCUT2D eigenvalue weighted by molar-refractivity contribution is 1.15. The predicted molar refractivity (Wildman–Crippen MR) is 201 cm³/mol. The zero-order chi connectivity index (χ0) is 32.3. The van der Waals surface area contributed by atoms with Crippen LogP contribution in [-0.2, 0) is 0 Å². The fourth-order valence-corrected chi connectivity index (χ4v) is 7.50. The highest BCUT2D eigenvalue weighted by atomic mass is 14.9. The van der Waals surface area contributed by atoms with Gasteiger partial charge in [-0.25, -0.2) is 9.97 Å². The van der Waals surface area contributed by atoms with E-state index in [4.69, 9.17) is 9.97 Å². The molecule has 49 heavy (non-hydrogen) atoms. The summed E-state index contributed by atoms with van der Waals surface area (Å²) >= 11 is 0. The molecule has 0 atom stereocenters. The summed E-state index contributed by atoms with van der Waals surface area (Å²) in [7, 11) is 0. The first-order chi connectivity index (χ1) is 24.3. The fourth-order valence-electron chi connectivity index (χ4n) is 7.50. The summed E-state index contributed by atoms with van der Waals surface area (Å²) < 4.78 is 4.47. The van der Waals surface area contributed by atoms with Crippen molar-refractivity contribution in [1.29, 1.82) is 0 Å². The zero-order valence-electron chi connectivity index (χ0n) is 26.2. The summed E-state index contributed by atoms with van der Waals surface area (Å²) in [5.41, 5.74) is 13.6. The monoisotopic (exact) mass is 621 g/mol. The van der Waals surface area contributed by atoms with Gasteiger partial charge < -0.3 is 0 Å². The van der Waals surface area contributed by atoms with E-state index < -0.39 is 0 Å². The third kappa shape index (κ3) is 4.21. The second kappa shape index (κ2) is 10.8. The first kappa shape index (κ1) is 27.2. The molecule has 0 saturated heterocycles. The summed E-state index contributed by atoms with van der Waals surface area (Å²) in [6, 6.07) is 49.3. The van der Waals surface area contributed by atoms with Crippen molar-refractivity contribution in [1.82, 2.24) is 19.6 Å². The van der Waals surface area contributed by atoms with E-state index in [0.717, 1.165) is 22.3 Å². The van der Waals surface area contributed by atoms with Crippen LogP contribution < -0.4 is 4.67 Å². The first-order valence-electron chi connectivity index (χ1n) is 16.3. The van der Waals surface area contributed by atoms with E-state index in [1.54, 1.807) is 12.4 Å². The molecule has 224 valence electrons. The van der Waals surface area contributed by atoms with Crippen molar-refractivity contribution in [2.24, 2.45) is 0 Å². The molecule has 3 heterocycles. The molecule has 2 aromatic heterocycles. The van der Waals surface area contributed by atoms with Gasteiger partial charge in [-0.1, -0.05) is 120 Å². The Kier molecular flexibility index (Phi) is 6.01. The van der Waals surface area contributed by atoms with E-state index >= 15 is 0 Å². The quantitative estimate of drug-likeness (QED) is 0.142. The molecular formula is C45H25N4+. The van der Waals surface area contributed by atoms with E-state index in [-0.39, 0.29) is 0 Å². The molecule has 4 nitrogen and oxygen atoms in total. The second-order valence-corrected chi connectivity index (χ2v) is 12.2. The highest BCUT2D eigenvalue weighted by Crippen LogP contribution is 2.58. The summed E-state index contributed by atoms with van der Waals surface area (Å²) in [6.45, 7) is 0. The Labute approximate surface area is 282 Å². The van der Waals surface area contributed by atoms with Gasteiger partial charge in [0.25, 0.3) is 0 Å². The molecule has 4 heteroatoms. The first-order valence-corrected chi connectivity index (χ1v) is 16.3. The normalized spacial score (nSPS) is 12.2. The lowest BCUT2D eigenvalue weighted by atomic mass is 9.82. The molecule has 0 saturated carbocycles. The van der Waals surface area contributed by atoms with E-state index in [9.17, 15) is 0 Å². The second-order valence-electron chi connectivity index (χ2n) is 12.2. The third-order valence-corrected chi connectivity index (χ3v) is 9.51. The number of benzene rings is 6. The Hall–Kier alpha value is -6.92. The molecule has 2 aliphatic rings. The summed E-state index contributed by atoms with van der Waals surface area (Å²) in [4.78, 5) is 14.8. The van der Waals surface area contributed by atoms with Crippen molar-refractivity contribution in [3.8, 4) is 79.1 Å². The van der Waals surface area contributed by atoms with Gasteiger partial charge in [0.2, 0.25) is 0 Å². The molecule has 6 aromatic carbocycles. The molecule has 1 aliphatic heterocycles. The lowest BCUT2D eigenvalue weighted by Gasteiger charge is -2.20. The van der Waals surface area contributed by atoms with Gasteiger partial charge in [0, 0.05) is 29.7 Å². The maximum atomic E-state index is 5.11. The molecular weight excluding hydrogens is 597 g/mol. The highest BCUT2D eigenvalue weighted by molar-refractivity contribution is 6.28. The van der Waals surface area contributed by atoms with Gasteiger partial charge in [0.1, 0.15) is 0 Å². The van der Waals surface area contributed by atoms with Gasteiger partial charge in [-0.05, 0) is 84.3 Å². The standard InChI is InChI=1S/C45H25N4/c1-3-13-28(14-4-1)40-30-17-7-8-18-31(30)41(29-15-5-2-6-16-29)44-35-24-23-33(32-19-11-20-34(42(32)35)43(40)44)45-48-38(36-21-9-10-25-46-36)27-39(49-45)37-22-12-26-47-37/h1-11,13-21,23-27H/q+1. The largest absolute Gasteiger partial charge is 0.404 e. The average Bonchev–Trinajstić information content (AvgIpc) is 3.83. The number of hydrogen-bond donors (Lipinski definition) is 0. The fraction of sp³-hybridized carbons (Fsp3) is 0. The topological polar surface area (TPSA) is 52.8 Å². The molecule has 0 N–H and O–H groups in total. The van der Waals surface area contributed by atoms with Crippen LogP contribution in [0.5, 0.6) is 0 Å². The van der Waals surface area contributed by atoms with Gasteiger partial charge in [-0.3, -0.25) is 4.98 Å². The van der Waals surface area contributed by atoms with E-state index in [0.29, 0.717) is 17.2 Å². The van der Waals surface area contributed by atoms with Crippen LogP contribution in [0.3, 0.4) is 0 Å². The van der Waals surface area contributed by atoms with Crippen LogP contribution in [0.15, 0.2) is 146 Å². The lowest BCUT2D eigenvalue weighted by Crippen LogP contribution is -2.06. The van der Waals surface area contributed by atoms with E-state index in [1.807, 2.05) is 24.3 Å². The maximum Gasteiger partial charge on any atom is 0.404 e. The number of fused-ring (bicyclic) bond motifs is 4. The average molecular weight is 622 g/mol. The van der Waals surface area contributed by atoms with Crippen LogP contribution in [0.2, 0.25) is 0 Å². The summed E-state index contributed by atoms with van der Waals surface area (Å²) in [6.07, 6.45) is 3.40. The van der Waals surface area contributed by atoms with Crippen molar-refractivity contribution in [3.05, 3.63) is 151 Å². The minimum absolute atomic E-state index is 0.617. The van der Waals surface area contributed by atoms with Crippen molar-refractivity contribution in [3.63, 3.8) is 0 Å². The summed E-state index contributed by atoms with van der Waals surface area (Å²) in [5.74, 6) is 6.67. The number of rotatable bonds is 5. The molecule has 0 bridgehead atoms. The van der Waals surface area contributed by atoms with Gasteiger partial charge >= 0.3 is 11.9 Å². The molecule has 0 amide bonds. The predicted octanol–water partition coefficient (Wildman–Crippen LogP) is 9.44. The van der Waals surface area contributed by atoms with Gasteiger partial charge in [0.05, 0.1) is 11.4 Å². The number of pyridine rings is 1. The van der Waals surface area contributed by atoms with E-state index in [1.165, 1.54) is 60.7 Å². The molecule has 10 rings (SSSR count). The number of hydrogen-bond acceptors (Lipinski definition) is 3. The van der Waals surface area contributed by atoms with Crippen LogP contribution in [0, 0.1) is 11.8 Å². The van der Waals surface area contributed by atoms with Crippen molar-refractivity contribution in [2.45, 2.75) is 0 Å². The molecule has 0 spiro atoms. The van der Waals surface area contributed by atoms with Gasteiger partial charge in [0.15, 0.2) is 11.5 Å². The maximum absolute atomic E-state index is 5.11. The van der Waals surface area contributed by atoms with Crippen molar-refractivity contribution < 1.29 is 0 Å². The van der Waals surface area contributed by atoms with Gasteiger partial charge in [-0.2, -0.15) is 0 Å². The highest BCUT2D eigenvalue weighted by Gasteiger charge is 2.31. The third-order valence-electron chi connectivity index (χ3n) is 9.51. The Morgan fingerprint density at radius 2 is 1.08 bits per heavy atom. The SMILES string of the molecule is C1#CC(c2cc(-c3ccccn3)nc(-c3ccc4c5c(cccc35)-c3c-4c(-c4ccccc4)c4ccccc4c3-c3ccccc3)n2)=[N+]=C1. The molecule has 0 radical (unpaired) electrons. The smallest absolute Gasteiger partial charge is 0.255 e. The minimum atomic E-state index is 0.617. The Morgan fingerprint density at radius 3 is 1.73 bits per heavy atom. The Balaban J connectivity index is 1.30. The van der Waals surface area contributed by atoms with Crippen LogP contribution in [0.1, 0.15) is 5.69 Å². The van der Waals surface area contributed by atoms with E-state index in [2.05, 4.69) is 137 Å². The Bertz CT molecular complexity index is 2690. The van der Waals surface area contributed by atoms with Gasteiger partial charge in [-0.15, -0.1) is 0 Å². The van der Waals surface area contributed by atoms with Crippen LogP contribution in [0.25, 0.3) is 88.8 Å². The van der Waals surface area contributed by atoms with Crippen molar-refractivity contribution >= 4 is 33.5 Å². The molecule has 0 unspecified atom stereocenters. The molecule has 0 fully saturated rings. The zero-order valence-corrected chi connectivity index (χ0v) is 26.2. The minimum Gasteiger partial charge on any atom is -0.255 e. The summed E-state index contributed by atoms with van der Waals surface area (Å²) in [5, 5.41) is 4.79. The number of nitrogens with zero attached hydrogens (tertiary/aromatic N) is 4. The van der Waals surface area contributed by atoms with Crippen LogP contribution in [0.4, 0.5) is 0 Å². The van der Waals surface area contributed by atoms with Crippen molar-refractivity contribution in [2.75, 3.05) is 0 Å².